The molecule has 0 bridgehead atoms. The van der Waals surface area contributed by atoms with E-state index in [0.717, 1.165) is 12.0 Å². The Hall–Kier alpha value is -2.68. The molecule has 1 N–H and O–H groups in total. The summed E-state index contributed by atoms with van der Waals surface area (Å²) in [4.78, 5) is 13.0. The van der Waals surface area contributed by atoms with Crippen LogP contribution in [0.4, 0.5) is 5.82 Å². The summed E-state index contributed by atoms with van der Waals surface area (Å²) in [7, 11) is -3.71. The Balaban J connectivity index is 1.83. The molecule has 2 aromatic carbocycles. The van der Waals surface area contributed by atoms with Gasteiger partial charge in [-0.3, -0.25) is 4.79 Å². The van der Waals surface area contributed by atoms with Gasteiger partial charge in [0.2, 0.25) is 10.0 Å². The number of nitrogens with one attached hydrogen (secondary N) is 1. The monoisotopic (exact) mass is 474 g/mol. The summed E-state index contributed by atoms with van der Waals surface area (Å²) in [6, 6.07) is 14.0. The first kappa shape index (κ1) is 24.0. The lowest BCUT2D eigenvalue weighted by atomic mass is 10.1. The second-order valence-corrected chi connectivity index (χ2v) is 9.57. The van der Waals surface area contributed by atoms with Crippen molar-refractivity contribution in [2.24, 2.45) is 0 Å². The number of amides is 1. The fourth-order valence-electron chi connectivity index (χ4n) is 3.35. The van der Waals surface area contributed by atoms with Crippen LogP contribution in [-0.4, -0.2) is 41.5 Å². The first-order valence-electron chi connectivity index (χ1n) is 10.5. The molecular formula is C23H27ClN4O3S. The normalized spacial score (nSPS) is 11.7. The van der Waals surface area contributed by atoms with Crippen LogP contribution in [0.15, 0.2) is 59.6 Å². The number of nitrogens with zero attached hydrogens (tertiary/aromatic N) is 3. The average molecular weight is 475 g/mol. The van der Waals surface area contributed by atoms with Crippen LogP contribution in [0.5, 0.6) is 0 Å². The second-order valence-electron chi connectivity index (χ2n) is 7.23. The number of hydrogen-bond donors (Lipinski definition) is 1. The van der Waals surface area contributed by atoms with Crippen LogP contribution in [0.3, 0.4) is 0 Å². The van der Waals surface area contributed by atoms with Crippen molar-refractivity contribution in [3.63, 3.8) is 0 Å². The van der Waals surface area contributed by atoms with E-state index >= 15 is 0 Å². The highest BCUT2D eigenvalue weighted by Crippen LogP contribution is 2.24. The summed E-state index contributed by atoms with van der Waals surface area (Å²) >= 11 is 6.24. The van der Waals surface area contributed by atoms with Crippen LogP contribution in [-0.2, 0) is 23.0 Å². The maximum absolute atomic E-state index is 13.0. The van der Waals surface area contributed by atoms with E-state index in [9.17, 15) is 13.2 Å². The Kier molecular flexibility index (Phi) is 7.71. The smallest absolute Gasteiger partial charge is 0.258 e. The van der Waals surface area contributed by atoms with Gasteiger partial charge in [-0.05, 0) is 35.7 Å². The highest BCUT2D eigenvalue weighted by molar-refractivity contribution is 7.89. The Morgan fingerprint density at radius 3 is 2.31 bits per heavy atom. The number of rotatable bonds is 9. The quantitative estimate of drug-likeness (QED) is 0.497. The Labute approximate surface area is 194 Å². The highest BCUT2D eigenvalue weighted by atomic mass is 35.5. The summed E-state index contributed by atoms with van der Waals surface area (Å²) < 4.78 is 28.7. The zero-order chi connectivity index (χ0) is 23.3. The molecule has 0 unspecified atom stereocenters. The number of carbonyl (C=O) groups excluding carboxylic acids is 1. The fraction of sp³-hybridized carbons (Fsp3) is 0.304. The zero-order valence-corrected chi connectivity index (χ0v) is 19.9. The van der Waals surface area contributed by atoms with Crippen molar-refractivity contribution < 1.29 is 13.2 Å². The van der Waals surface area contributed by atoms with E-state index in [2.05, 4.69) is 29.5 Å². The number of benzene rings is 2. The number of hydrogen-bond acceptors (Lipinski definition) is 4. The maximum Gasteiger partial charge on any atom is 0.258 e. The summed E-state index contributed by atoms with van der Waals surface area (Å²) in [6.45, 7) is 6.78. The molecule has 3 aromatic rings. The maximum atomic E-state index is 13.0. The molecule has 1 amide bonds. The number of aromatic nitrogens is 2. The number of halogens is 1. The van der Waals surface area contributed by atoms with Gasteiger partial charge in [-0.25, -0.2) is 13.1 Å². The van der Waals surface area contributed by atoms with Gasteiger partial charge in [0.25, 0.3) is 5.91 Å². The summed E-state index contributed by atoms with van der Waals surface area (Å²) in [5.41, 5.74) is 2.38. The lowest BCUT2D eigenvalue weighted by Crippen LogP contribution is -2.30. The number of anilines is 1. The van der Waals surface area contributed by atoms with Crippen molar-refractivity contribution in [2.45, 2.75) is 38.6 Å². The van der Waals surface area contributed by atoms with Gasteiger partial charge in [-0.2, -0.15) is 9.40 Å². The van der Waals surface area contributed by atoms with Crippen LogP contribution >= 0.6 is 11.6 Å². The predicted molar refractivity (Wildman–Crippen MR) is 127 cm³/mol. The molecule has 3 rings (SSSR count). The Morgan fingerprint density at radius 1 is 1.03 bits per heavy atom. The van der Waals surface area contributed by atoms with Crippen LogP contribution in [0.2, 0.25) is 5.02 Å². The van der Waals surface area contributed by atoms with Gasteiger partial charge >= 0.3 is 0 Å². The number of sulfonamides is 1. The lowest BCUT2D eigenvalue weighted by molar-refractivity contribution is 0.102. The van der Waals surface area contributed by atoms with E-state index in [-0.39, 0.29) is 15.5 Å². The molecule has 1 heterocycles. The van der Waals surface area contributed by atoms with Crippen LogP contribution in [0.1, 0.15) is 42.3 Å². The van der Waals surface area contributed by atoms with Crippen molar-refractivity contribution in [1.29, 1.82) is 0 Å². The van der Waals surface area contributed by atoms with E-state index in [0.29, 0.717) is 25.5 Å². The molecule has 0 fully saturated rings. The van der Waals surface area contributed by atoms with E-state index < -0.39 is 15.9 Å². The van der Waals surface area contributed by atoms with E-state index in [1.54, 1.807) is 30.8 Å². The largest absolute Gasteiger partial charge is 0.307 e. The molecule has 0 aliphatic heterocycles. The third-order valence-electron chi connectivity index (χ3n) is 5.25. The molecule has 170 valence electrons. The zero-order valence-electron chi connectivity index (χ0n) is 18.4. The van der Waals surface area contributed by atoms with Gasteiger partial charge < -0.3 is 5.32 Å². The standard InChI is InChI=1S/C23H27ClN4O3S/c1-4-17-7-9-18(10-8-17)16-28-22(13-14-25-28)26-23(29)20-15-19(11-12-21(20)24)32(30,31)27(5-2)6-3/h7-15H,4-6,16H2,1-3H3,(H,26,29). The number of aryl methyl sites for hydroxylation is 1. The third kappa shape index (κ3) is 5.20. The Morgan fingerprint density at radius 2 is 1.69 bits per heavy atom. The first-order chi connectivity index (χ1) is 15.3. The van der Waals surface area contributed by atoms with Crippen molar-refractivity contribution in [3.8, 4) is 0 Å². The van der Waals surface area contributed by atoms with Gasteiger partial charge in [0, 0.05) is 19.2 Å². The molecule has 0 atom stereocenters. The second kappa shape index (κ2) is 10.3. The lowest BCUT2D eigenvalue weighted by Gasteiger charge is -2.19. The highest BCUT2D eigenvalue weighted by Gasteiger charge is 2.24. The first-order valence-corrected chi connectivity index (χ1v) is 12.3. The van der Waals surface area contributed by atoms with Crippen LogP contribution in [0.25, 0.3) is 0 Å². The van der Waals surface area contributed by atoms with E-state index in [1.165, 1.54) is 28.1 Å². The molecule has 0 saturated heterocycles. The molecule has 0 aliphatic carbocycles. The molecule has 0 radical (unpaired) electrons. The summed E-state index contributed by atoms with van der Waals surface area (Å²) in [6.07, 6.45) is 2.56. The minimum Gasteiger partial charge on any atom is -0.307 e. The molecular weight excluding hydrogens is 448 g/mol. The molecule has 9 heteroatoms. The van der Waals surface area contributed by atoms with E-state index in [4.69, 9.17) is 11.6 Å². The summed E-state index contributed by atoms with van der Waals surface area (Å²) in [5.74, 6) is -0.0164. The minimum absolute atomic E-state index is 0.0280. The summed E-state index contributed by atoms with van der Waals surface area (Å²) in [5, 5.41) is 7.26. The van der Waals surface area contributed by atoms with Gasteiger partial charge in [-0.1, -0.05) is 56.6 Å². The van der Waals surface area contributed by atoms with Crippen molar-refractivity contribution in [2.75, 3.05) is 18.4 Å². The number of carbonyl (C=O) groups is 1. The van der Waals surface area contributed by atoms with Crippen molar-refractivity contribution >= 4 is 33.3 Å². The molecule has 7 nitrogen and oxygen atoms in total. The molecule has 0 spiro atoms. The van der Waals surface area contributed by atoms with Crippen molar-refractivity contribution in [1.82, 2.24) is 14.1 Å². The van der Waals surface area contributed by atoms with Gasteiger partial charge in [0.05, 0.1) is 28.2 Å². The van der Waals surface area contributed by atoms with E-state index in [1.807, 2.05) is 12.1 Å². The Bertz CT molecular complexity index is 1190. The molecule has 0 aliphatic rings. The van der Waals surface area contributed by atoms with Gasteiger partial charge in [0.1, 0.15) is 5.82 Å². The van der Waals surface area contributed by atoms with Gasteiger partial charge in [0.15, 0.2) is 0 Å². The van der Waals surface area contributed by atoms with Crippen LogP contribution in [0, 0.1) is 0 Å². The molecule has 1 aromatic heterocycles. The van der Waals surface area contributed by atoms with Crippen LogP contribution < -0.4 is 5.32 Å². The van der Waals surface area contributed by atoms with Gasteiger partial charge in [-0.15, -0.1) is 0 Å². The SMILES string of the molecule is CCc1ccc(Cn2nccc2NC(=O)c2cc(S(=O)(=O)N(CC)CC)ccc2Cl)cc1. The minimum atomic E-state index is -3.71. The third-order valence-corrected chi connectivity index (χ3v) is 7.62. The topological polar surface area (TPSA) is 84.3 Å². The fourth-order valence-corrected chi connectivity index (χ4v) is 5.04. The van der Waals surface area contributed by atoms with Crippen molar-refractivity contribution in [3.05, 3.63) is 76.4 Å². The average Bonchev–Trinajstić information content (AvgIpc) is 3.21. The molecule has 0 saturated carbocycles. The molecule has 32 heavy (non-hydrogen) atoms. The predicted octanol–water partition coefficient (Wildman–Crippen LogP) is 4.43.